The first-order valence-electron chi connectivity index (χ1n) is 10.9. The van der Waals surface area contributed by atoms with E-state index in [0.29, 0.717) is 37.2 Å². The molecule has 1 aromatic heterocycles. The second-order valence-electron chi connectivity index (χ2n) is 8.14. The molecule has 1 saturated heterocycles. The summed E-state index contributed by atoms with van der Waals surface area (Å²) in [5.41, 5.74) is 4.49. The number of aryl methyl sites for hydroxylation is 2. The molecule has 0 unspecified atom stereocenters. The Labute approximate surface area is 217 Å². The third-order valence-electron chi connectivity index (χ3n) is 5.45. The van der Waals surface area contributed by atoms with Crippen molar-refractivity contribution in [2.75, 3.05) is 4.90 Å². The average Bonchev–Trinajstić information content (AvgIpc) is 3.42. The summed E-state index contributed by atoms with van der Waals surface area (Å²) >= 11 is 13.8. The number of hydrogen-bond acceptors (Lipinski definition) is 4. The molecule has 1 aliphatic rings. The van der Waals surface area contributed by atoms with E-state index in [-0.39, 0.29) is 5.91 Å². The highest BCUT2D eigenvalue weighted by atomic mass is 35.5. The lowest BCUT2D eigenvalue weighted by Crippen LogP contribution is -2.28. The van der Waals surface area contributed by atoms with Crippen molar-refractivity contribution in [2.45, 2.75) is 13.8 Å². The van der Waals surface area contributed by atoms with Gasteiger partial charge in [0.05, 0.1) is 21.3 Å². The minimum Gasteiger partial charge on any atom is -0.457 e. The zero-order valence-electron chi connectivity index (χ0n) is 19.0. The van der Waals surface area contributed by atoms with E-state index < -0.39 is 0 Å². The Balaban J connectivity index is 1.52. The van der Waals surface area contributed by atoms with Crippen LogP contribution in [0.15, 0.2) is 93.2 Å². The van der Waals surface area contributed by atoms with Crippen LogP contribution in [0.25, 0.3) is 17.4 Å². The summed E-state index contributed by atoms with van der Waals surface area (Å²) in [6.07, 6.45) is 1.73. The van der Waals surface area contributed by atoms with Crippen molar-refractivity contribution < 1.29 is 9.21 Å². The zero-order chi connectivity index (χ0) is 24.5. The van der Waals surface area contributed by atoms with Gasteiger partial charge in [-0.2, -0.15) is 0 Å². The van der Waals surface area contributed by atoms with Gasteiger partial charge < -0.3 is 4.42 Å². The number of anilines is 1. The maximum absolute atomic E-state index is 13.5. The molecule has 0 aliphatic carbocycles. The fourth-order valence-electron chi connectivity index (χ4n) is 3.59. The molecule has 35 heavy (non-hydrogen) atoms. The number of aliphatic imine (C=N–C) groups is 1. The minimum absolute atomic E-state index is 0.163. The van der Waals surface area contributed by atoms with Crippen LogP contribution >= 0.6 is 35.0 Å². The van der Waals surface area contributed by atoms with E-state index in [9.17, 15) is 4.79 Å². The van der Waals surface area contributed by atoms with Gasteiger partial charge in [-0.05, 0) is 80.2 Å². The van der Waals surface area contributed by atoms with Gasteiger partial charge >= 0.3 is 0 Å². The first-order chi connectivity index (χ1) is 16.9. The molecule has 4 nitrogen and oxygen atoms in total. The fourth-order valence-corrected chi connectivity index (χ4v) is 4.95. The second-order valence-corrected chi connectivity index (χ2v) is 10.00. The maximum Gasteiger partial charge on any atom is 0.271 e. The molecule has 4 aromatic rings. The van der Waals surface area contributed by atoms with Crippen LogP contribution in [0.1, 0.15) is 16.9 Å². The standard InChI is InChI=1S/C28H20Cl2N2O2S/c1-17-3-8-20(9-4-17)31-28-32(21-10-5-18(2)6-11-21)27(33)26(35-28)16-22-12-14-25(34-22)23-15-19(29)7-13-24(23)30/h3-16H,1-2H3/b26-16+,31-28?. The van der Waals surface area contributed by atoms with Crippen LogP contribution in [0.5, 0.6) is 0 Å². The Morgan fingerprint density at radius 3 is 2.29 bits per heavy atom. The van der Waals surface area contributed by atoms with Gasteiger partial charge in [0.15, 0.2) is 5.17 Å². The van der Waals surface area contributed by atoms with Gasteiger partial charge in [-0.25, -0.2) is 4.99 Å². The minimum atomic E-state index is -0.163. The zero-order valence-corrected chi connectivity index (χ0v) is 21.3. The van der Waals surface area contributed by atoms with Crippen molar-refractivity contribution in [1.82, 2.24) is 0 Å². The largest absolute Gasteiger partial charge is 0.457 e. The van der Waals surface area contributed by atoms with Crippen LogP contribution in [0.2, 0.25) is 10.0 Å². The number of thioether (sulfide) groups is 1. The lowest BCUT2D eigenvalue weighted by Gasteiger charge is -2.16. The molecule has 0 N–H and O–H groups in total. The summed E-state index contributed by atoms with van der Waals surface area (Å²) in [7, 11) is 0. The maximum atomic E-state index is 13.5. The van der Waals surface area contributed by atoms with Crippen molar-refractivity contribution in [3.63, 3.8) is 0 Å². The van der Waals surface area contributed by atoms with Crippen molar-refractivity contribution in [2.24, 2.45) is 4.99 Å². The Morgan fingerprint density at radius 1 is 0.886 bits per heavy atom. The van der Waals surface area contributed by atoms with Crippen molar-refractivity contribution in [1.29, 1.82) is 0 Å². The number of halogens is 2. The lowest BCUT2D eigenvalue weighted by molar-refractivity contribution is -0.113. The number of amides is 1. The molecular weight excluding hydrogens is 499 g/mol. The highest BCUT2D eigenvalue weighted by molar-refractivity contribution is 8.19. The monoisotopic (exact) mass is 518 g/mol. The van der Waals surface area contributed by atoms with Crippen molar-refractivity contribution >= 4 is 63.5 Å². The van der Waals surface area contributed by atoms with Crippen LogP contribution in [0.4, 0.5) is 11.4 Å². The van der Waals surface area contributed by atoms with E-state index in [1.165, 1.54) is 11.8 Å². The molecule has 0 saturated carbocycles. The summed E-state index contributed by atoms with van der Waals surface area (Å²) in [5, 5.41) is 1.68. The molecule has 0 bridgehead atoms. The number of nitrogens with zero attached hydrogens (tertiary/aromatic N) is 2. The van der Waals surface area contributed by atoms with Crippen LogP contribution in [-0.4, -0.2) is 11.1 Å². The molecule has 0 spiro atoms. The quantitative estimate of drug-likeness (QED) is 0.254. The summed E-state index contributed by atoms with van der Waals surface area (Å²) in [4.78, 5) is 20.4. The Bertz CT molecular complexity index is 1470. The predicted octanol–water partition coefficient (Wildman–Crippen LogP) is 8.68. The van der Waals surface area contributed by atoms with E-state index >= 15 is 0 Å². The normalized spacial score (nSPS) is 16.0. The number of benzene rings is 3. The molecule has 2 heterocycles. The number of hydrogen-bond donors (Lipinski definition) is 0. The number of carbonyl (C=O) groups is 1. The lowest BCUT2D eigenvalue weighted by atomic mass is 10.2. The predicted molar refractivity (Wildman–Crippen MR) is 147 cm³/mol. The molecule has 1 amide bonds. The first-order valence-corrected chi connectivity index (χ1v) is 12.5. The molecule has 174 valence electrons. The summed E-state index contributed by atoms with van der Waals surface area (Å²) in [5.74, 6) is 0.944. The van der Waals surface area contributed by atoms with Crippen LogP contribution in [0, 0.1) is 13.8 Å². The Hall–Kier alpha value is -3.25. The molecule has 1 aliphatic heterocycles. The van der Waals surface area contributed by atoms with Gasteiger partial charge in [-0.15, -0.1) is 0 Å². The topological polar surface area (TPSA) is 45.8 Å². The average molecular weight is 519 g/mol. The second kappa shape index (κ2) is 9.78. The van der Waals surface area contributed by atoms with Gasteiger partial charge in [-0.3, -0.25) is 9.69 Å². The number of amidine groups is 1. The van der Waals surface area contributed by atoms with Crippen molar-refractivity contribution in [3.8, 4) is 11.3 Å². The van der Waals surface area contributed by atoms with E-state index in [0.717, 1.165) is 22.5 Å². The van der Waals surface area contributed by atoms with Crippen molar-refractivity contribution in [3.05, 3.63) is 111 Å². The molecule has 7 heteroatoms. The van der Waals surface area contributed by atoms with Crippen LogP contribution in [0.3, 0.4) is 0 Å². The van der Waals surface area contributed by atoms with E-state index in [1.807, 2.05) is 68.4 Å². The fraction of sp³-hybridized carbons (Fsp3) is 0.0714. The molecule has 3 aromatic carbocycles. The van der Waals surface area contributed by atoms with Crippen LogP contribution < -0.4 is 4.90 Å². The van der Waals surface area contributed by atoms with E-state index in [2.05, 4.69) is 0 Å². The summed E-state index contributed by atoms with van der Waals surface area (Å²) < 4.78 is 6.00. The molecule has 0 radical (unpaired) electrons. The summed E-state index contributed by atoms with van der Waals surface area (Å²) in [6, 6.07) is 24.5. The highest BCUT2D eigenvalue weighted by Crippen LogP contribution is 2.38. The third-order valence-corrected chi connectivity index (χ3v) is 6.98. The van der Waals surface area contributed by atoms with Gasteiger partial charge in [0.2, 0.25) is 0 Å². The summed E-state index contributed by atoms with van der Waals surface area (Å²) in [6.45, 7) is 4.04. The highest BCUT2D eigenvalue weighted by Gasteiger charge is 2.35. The molecule has 5 rings (SSSR count). The van der Waals surface area contributed by atoms with Gasteiger partial charge in [0.25, 0.3) is 5.91 Å². The van der Waals surface area contributed by atoms with Gasteiger partial charge in [0, 0.05) is 16.7 Å². The SMILES string of the molecule is Cc1ccc(N=C2S/C(=C/c3ccc(-c4cc(Cl)ccc4Cl)o3)C(=O)N2c2ccc(C)cc2)cc1. The number of rotatable bonds is 4. The van der Waals surface area contributed by atoms with E-state index in [1.54, 1.807) is 35.2 Å². The number of carbonyl (C=O) groups excluding carboxylic acids is 1. The third kappa shape index (κ3) is 5.08. The van der Waals surface area contributed by atoms with Gasteiger partial charge in [-0.1, -0.05) is 58.6 Å². The van der Waals surface area contributed by atoms with Gasteiger partial charge in [0.1, 0.15) is 11.5 Å². The molecule has 1 fully saturated rings. The number of furan rings is 1. The smallest absolute Gasteiger partial charge is 0.271 e. The first kappa shape index (κ1) is 23.5. The molecular formula is C28H20Cl2N2O2S. The Kier molecular flexibility index (Phi) is 6.56. The molecule has 0 atom stereocenters. The Morgan fingerprint density at radius 2 is 1.57 bits per heavy atom. The van der Waals surface area contributed by atoms with Crippen LogP contribution in [-0.2, 0) is 4.79 Å². The van der Waals surface area contributed by atoms with E-state index in [4.69, 9.17) is 32.6 Å².